The third-order valence-corrected chi connectivity index (χ3v) is 2.56. The maximum absolute atomic E-state index is 11.1. The lowest BCUT2D eigenvalue weighted by Crippen LogP contribution is -2.45. The predicted octanol–water partition coefficient (Wildman–Crippen LogP) is 1.34. The molecule has 3 heteroatoms. The van der Waals surface area contributed by atoms with E-state index >= 15 is 0 Å². The molecule has 0 saturated carbocycles. The zero-order chi connectivity index (χ0) is 10.2. The van der Waals surface area contributed by atoms with Crippen LogP contribution in [0.5, 0.6) is 0 Å². The van der Waals surface area contributed by atoms with Crippen LogP contribution in [0.2, 0.25) is 0 Å². The molecule has 14 heavy (non-hydrogen) atoms. The van der Waals surface area contributed by atoms with E-state index in [4.69, 9.17) is 10.8 Å². The number of carboxylic acids is 1. The van der Waals surface area contributed by atoms with Gasteiger partial charge in [-0.2, -0.15) is 0 Å². The van der Waals surface area contributed by atoms with E-state index in [2.05, 4.69) is 0 Å². The highest BCUT2D eigenvalue weighted by molar-refractivity contribution is 5.84. The van der Waals surface area contributed by atoms with Gasteiger partial charge in [-0.25, -0.2) is 4.79 Å². The standard InChI is InChI=1S/C11H11NO2/c12-11(10(13)14)7-3-5-8-4-1-2-6-9(8)11/h1-6H,7,12H2,(H,13,14). The molecule has 2 rings (SSSR count). The second-order valence-electron chi connectivity index (χ2n) is 3.47. The van der Waals surface area contributed by atoms with Gasteiger partial charge in [0.15, 0.2) is 0 Å². The van der Waals surface area contributed by atoms with Crippen LogP contribution < -0.4 is 5.73 Å². The van der Waals surface area contributed by atoms with Crippen LogP contribution in [0.4, 0.5) is 0 Å². The SMILES string of the molecule is NC1(C(=O)O)CC=Cc2ccccc21. The second kappa shape index (κ2) is 2.96. The van der Waals surface area contributed by atoms with Gasteiger partial charge < -0.3 is 10.8 Å². The number of carbonyl (C=O) groups is 1. The first-order chi connectivity index (χ1) is 6.64. The van der Waals surface area contributed by atoms with Crippen LogP contribution in [0.25, 0.3) is 6.08 Å². The fourth-order valence-corrected chi connectivity index (χ4v) is 1.73. The summed E-state index contributed by atoms with van der Waals surface area (Å²) in [7, 11) is 0. The lowest BCUT2D eigenvalue weighted by Gasteiger charge is -2.28. The molecule has 1 aliphatic carbocycles. The molecule has 3 nitrogen and oxygen atoms in total. The van der Waals surface area contributed by atoms with E-state index in [9.17, 15) is 4.79 Å². The van der Waals surface area contributed by atoms with E-state index in [1.807, 2.05) is 24.3 Å². The molecule has 72 valence electrons. The Morgan fingerprint density at radius 1 is 1.43 bits per heavy atom. The molecule has 0 spiro atoms. The lowest BCUT2D eigenvalue weighted by molar-refractivity contribution is -0.143. The average molecular weight is 189 g/mol. The molecule has 0 aromatic heterocycles. The first-order valence-electron chi connectivity index (χ1n) is 4.43. The van der Waals surface area contributed by atoms with Crippen molar-refractivity contribution in [1.29, 1.82) is 0 Å². The van der Waals surface area contributed by atoms with Crippen molar-refractivity contribution in [2.45, 2.75) is 12.0 Å². The molecule has 1 unspecified atom stereocenters. The van der Waals surface area contributed by atoms with Gasteiger partial charge in [-0.15, -0.1) is 0 Å². The predicted molar refractivity (Wildman–Crippen MR) is 53.6 cm³/mol. The highest BCUT2D eigenvalue weighted by Crippen LogP contribution is 2.31. The van der Waals surface area contributed by atoms with Crippen molar-refractivity contribution in [3.63, 3.8) is 0 Å². The second-order valence-corrected chi connectivity index (χ2v) is 3.47. The van der Waals surface area contributed by atoms with Crippen LogP contribution in [0.3, 0.4) is 0 Å². The fraction of sp³-hybridized carbons (Fsp3) is 0.182. The Hall–Kier alpha value is -1.61. The minimum Gasteiger partial charge on any atom is -0.480 e. The molecule has 0 saturated heterocycles. The normalized spacial score (nSPS) is 24.4. The summed E-state index contributed by atoms with van der Waals surface area (Å²) in [6, 6.07) is 7.32. The van der Waals surface area contributed by atoms with Gasteiger partial charge in [0.1, 0.15) is 5.54 Å². The van der Waals surface area contributed by atoms with E-state index < -0.39 is 11.5 Å². The summed E-state index contributed by atoms with van der Waals surface area (Å²) >= 11 is 0. The summed E-state index contributed by atoms with van der Waals surface area (Å²) in [6.07, 6.45) is 4.05. The summed E-state index contributed by atoms with van der Waals surface area (Å²) in [6.45, 7) is 0. The topological polar surface area (TPSA) is 63.3 Å². The maximum Gasteiger partial charge on any atom is 0.328 e. The number of benzene rings is 1. The third-order valence-electron chi connectivity index (χ3n) is 2.56. The zero-order valence-corrected chi connectivity index (χ0v) is 7.60. The Morgan fingerprint density at radius 3 is 2.86 bits per heavy atom. The van der Waals surface area contributed by atoms with Gasteiger partial charge >= 0.3 is 5.97 Å². The highest BCUT2D eigenvalue weighted by Gasteiger charge is 2.37. The van der Waals surface area contributed by atoms with Crippen molar-refractivity contribution < 1.29 is 9.90 Å². The van der Waals surface area contributed by atoms with Gasteiger partial charge in [0, 0.05) is 0 Å². The van der Waals surface area contributed by atoms with E-state index in [1.54, 1.807) is 12.1 Å². The van der Waals surface area contributed by atoms with Crippen molar-refractivity contribution in [2.24, 2.45) is 5.73 Å². The van der Waals surface area contributed by atoms with Crippen molar-refractivity contribution in [3.8, 4) is 0 Å². The Morgan fingerprint density at radius 2 is 2.14 bits per heavy atom. The monoisotopic (exact) mass is 189 g/mol. The smallest absolute Gasteiger partial charge is 0.328 e. The Labute approximate surface area is 81.9 Å². The number of rotatable bonds is 1. The molecule has 0 heterocycles. The molecular formula is C11H11NO2. The van der Waals surface area contributed by atoms with Crippen LogP contribution >= 0.6 is 0 Å². The van der Waals surface area contributed by atoms with E-state index in [1.165, 1.54) is 0 Å². The number of carboxylic acid groups (broad SMARTS) is 1. The van der Waals surface area contributed by atoms with E-state index in [-0.39, 0.29) is 0 Å². The molecule has 3 N–H and O–H groups in total. The largest absolute Gasteiger partial charge is 0.480 e. The fourth-order valence-electron chi connectivity index (χ4n) is 1.73. The molecule has 0 amide bonds. The van der Waals surface area contributed by atoms with E-state index in [0.717, 1.165) is 5.56 Å². The Balaban J connectivity index is 2.61. The quantitative estimate of drug-likeness (QED) is 0.700. The zero-order valence-electron chi connectivity index (χ0n) is 7.60. The van der Waals surface area contributed by atoms with Crippen LogP contribution in [0.1, 0.15) is 17.5 Å². The van der Waals surface area contributed by atoms with Gasteiger partial charge in [-0.05, 0) is 17.5 Å². The lowest BCUT2D eigenvalue weighted by atomic mass is 9.81. The first kappa shape index (κ1) is 8.97. The number of hydrogen-bond acceptors (Lipinski definition) is 2. The Kier molecular flexibility index (Phi) is 1.89. The van der Waals surface area contributed by atoms with Crippen molar-refractivity contribution in [3.05, 3.63) is 41.5 Å². The molecule has 0 aliphatic heterocycles. The molecular weight excluding hydrogens is 178 g/mol. The van der Waals surface area contributed by atoms with Crippen molar-refractivity contribution in [1.82, 2.24) is 0 Å². The summed E-state index contributed by atoms with van der Waals surface area (Å²) in [5.41, 5.74) is 6.19. The van der Waals surface area contributed by atoms with Gasteiger partial charge in [0.25, 0.3) is 0 Å². The average Bonchev–Trinajstić information content (AvgIpc) is 2.18. The van der Waals surface area contributed by atoms with E-state index in [0.29, 0.717) is 12.0 Å². The summed E-state index contributed by atoms with van der Waals surface area (Å²) in [4.78, 5) is 11.1. The van der Waals surface area contributed by atoms with Crippen molar-refractivity contribution in [2.75, 3.05) is 0 Å². The molecule has 1 atom stereocenters. The Bertz CT molecular complexity index is 412. The molecule has 1 aliphatic rings. The van der Waals surface area contributed by atoms with Gasteiger partial charge in [0.2, 0.25) is 0 Å². The van der Waals surface area contributed by atoms with Crippen LogP contribution in [-0.4, -0.2) is 11.1 Å². The minimum absolute atomic E-state index is 0.347. The maximum atomic E-state index is 11.1. The molecule has 0 fully saturated rings. The number of hydrogen-bond donors (Lipinski definition) is 2. The third kappa shape index (κ3) is 1.14. The molecule has 0 bridgehead atoms. The van der Waals surface area contributed by atoms with Crippen molar-refractivity contribution >= 4 is 12.0 Å². The van der Waals surface area contributed by atoms with Gasteiger partial charge in [0.05, 0.1) is 0 Å². The van der Waals surface area contributed by atoms with Crippen LogP contribution in [-0.2, 0) is 10.3 Å². The molecule has 1 aromatic carbocycles. The summed E-state index contributed by atoms with van der Waals surface area (Å²) in [5.74, 6) is -0.977. The van der Waals surface area contributed by atoms with Crippen LogP contribution in [0, 0.1) is 0 Å². The molecule has 1 aromatic rings. The number of fused-ring (bicyclic) bond motifs is 1. The van der Waals surface area contributed by atoms with Crippen LogP contribution in [0.15, 0.2) is 30.3 Å². The summed E-state index contributed by atoms with van der Waals surface area (Å²) < 4.78 is 0. The minimum atomic E-state index is -1.26. The number of aliphatic carboxylic acids is 1. The molecule has 0 radical (unpaired) electrons. The highest BCUT2D eigenvalue weighted by atomic mass is 16.4. The first-order valence-corrected chi connectivity index (χ1v) is 4.43. The van der Waals surface area contributed by atoms with Gasteiger partial charge in [-0.1, -0.05) is 36.4 Å². The van der Waals surface area contributed by atoms with Gasteiger partial charge in [-0.3, -0.25) is 0 Å². The summed E-state index contributed by atoms with van der Waals surface area (Å²) in [5, 5.41) is 9.09. The number of nitrogens with two attached hydrogens (primary N) is 1.